The van der Waals surface area contributed by atoms with Crippen LogP contribution >= 0.6 is 11.8 Å². The lowest BCUT2D eigenvalue weighted by Gasteiger charge is -2.17. The molecule has 14 nitrogen and oxygen atoms in total. The standard InChI is InChI=1S/C32H55N7O7S/c1-4-24-17-22(2)31(46-24)39-19-27(35-21-39)36-23(3)18-29(41)34-10-12-44-14-16-45-15-13-43-11-9-33-28(40)8-6-5-7-26-30-25(20-47-26)37-32(42)38-30/h19,21-26,30-31,36H,4-18,20H2,1-3H3,(H,33,40)(H,34,41)(H2,37,38,42)/t22?,23-,24+,25?,26?,30?,31+/m0/s1. The highest BCUT2D eigenvalue weighted by molar-refractivity contribution is 8.00. The Hall–Kier alpha value is -2.59. The Bertz CT molecular complexity index is 1110. The van der Waals surface area contributed by atoms with Gasteiger partial charge in [0.05, 0.1) is 70.4 Å². The first-order valence-corrected chi connectivity index (χ1v) is 18.3. The first-order chi connectivity index (χ1) is 22.8. The molecule has 4 heterocycles. The molecule has 0 spiro atoms. The summed E-state index contributed by atoms with van der Waals surface area (Å²) in [5.41, 5.74) is 0. The molecular weight excluding hydrogens is 626 g/mol. The van der Waals surface area contributed by atoms with Crippen LogP contribution in [0.3, 0.4) is 0 Å². The molecule has 0 saturated carbocycles. The van der Waals surface area contributed by atoms with Gasteiger partial charge in [0.15, 0.2) is 0 Å². The minimum absolute atomic E-state index is 0.00563. The summed E-state index contributed by atoms with van der Waals surface area (Å²) in [7, 11) is 0. The highest BCUT2D eigenvalue weighted by Crippen LogP contribution is 2.36. The van der Waals surface area contributed by atoms with Crippen LogP contribution in [-0.4, -0.2) is 115 Å². The zero-order valence-electron chi connectivity index (χ0n) is 28.2. The molecule has 3 aliphatic rings. The number of hydrogen-bond acceptors (Lipinski definition) is 10. The summed E-state index contributed by atoms with van der Waals surface area (Å²) in [6, 6.07) is 0.330. The van der Waals surface area contributed by atoms with E-state index in [-0.39, 0.29) is 42.2 Å². The van der Waals surface area contributed by atoms with E-state index in [2.05, 4.69) is 45.4 Å². The normalized spacial score (nSPS) is 25.6. The van der Waals surface area contributed by atoms with E-state index in [4.69, 9.17) is 18.9 Å². The van der Waals surface area contributed by atoms with Crippen LogP contribution in [0.2, 0.25) is 0 Å². The maximum atomic E-state index is 12.3. The molecule has 0 bridgehead atoms. The van der Waals surface area contributed by atoms with Crippen LogP contribution < -0.4 is 26.6 Å². The Kier molecular flexibility index (Phi) is 15.9. The molecule has 4 unspecified atom stereocenters. The van der Waals surface area contributed by atoms with Gasteiger partial charge in [-0.25, -0.2) is 9.78 Å². The Balaban J connectivity index is 0.886. The molecule has 4 rings (SSSR count). The third kappa shape index (κ3) is 12.7. The molecule has 5 N–H and O–H groups in total. The Morgan fingerprint density at radius 2 is 1.77 bits per heavy atom. The zero-order valence-corrected chi connectivity index (χ0v) is 29.0. The maximum absolute atomic E-state index is 12.3. The van der Waals surface area contributed by atoms with Gasteiger partial charge >= 0.3 is 6.03 Å². The first-order valence-electron chi connectivity index (χ1n) is 17.2. The summed E-state index contributed by atoms with van der Waals surface area (Å²) in [5, 5.41) is 15.5. The van der Waals surface area contributed by atoms with E-state index in [0.29, 0.717) is 82.8 Å². The summed E-state index contributed by atoms with van der Waals surface area (Å²) >= 11 is 1.90. The largest absolute Gasteiger partial charge is 0.377 e. The first kappa shape index (κ1) is 37.2. The second-order valence-electron chi connectivity index (χ2n) is 12.6. The van der Waals surface area contributed by atoms with Gasteiger partial charge in [-0.3, -0.25) is 9.59 Å². The number of carbonyl (C=O) groups excluding carboxylic acids is 3. The van der Waals surface area contributed by atoms with E-state index in [0.717, 1.165) is 43.7 Å². The van der Waals surface area contributed by atoms with E-state index in [1.54, 1.807) is 6.33 Å². The van der Waals surface area contributed by atoms with Gasteiger partial charge in [-0.15, -0.1) is 0 Å². The highest BCUT2D eigenvalue weighted by atomic mass is 32.2. The van der Waals surface area contributed by atoms with Crippen molar-refractivity contribution in [2.45, 2.75) is 101 Å². The van der Waals surface area contributed by atoms with Crippen LogP contribution in [0, 0.1) is 5.92 Å². The Labute approximate surface area is 282 Å². The molecule has 15 heteroatoms. The van der Waals surface area contributed by atoms with Crippen molar-refractivity contribution >= 4 is 35.4 Å². The van der Waals surface area contributed by atoms with Crippen LogP contribution in [0.1, 0.15) is 71.9 Å². The number of ether oxygens (including phenoxy) is 4. The lowest BCUT2D eigenvalue weighted by Crippen LogP contribution is -2.36. The number of thioether (sulfide) groups is 1. The average Bonchev–Trinajstić information content (AvgIpc) is 3.82. The monoisotopic (exact) mass is 681 g/mol. The van der Waals surface area contributed by atoms with E-state index in [1.165, 1.54) is 0 Å². The second kappa shape index (κ2) is 20.0. The topological polar surface area (TPSA) is 166 Å². The van der Waals surface area contributed by atoms with Gasteiger partial charge in [0, 0.05) is 48.9 Å². The van der Waals surface area contributed by atoms with Crippen molar-refractivity contribution in [3.63, 3.8) is 0 Å². The number of nitrogens with one attached hydrogen (secondary N) is 5. The van der Waals surface area contributed by atoms with Crippen molar-refractivity contribution in [2.75, 3.05) is 63.8 Å². The summed E-state index contributed by atoms with van der Waals surface area (Å²) < 4.78 is 24.7. The van der Waals surface area contributed by atoms with Crippen molar-refractivity contribution in [2.24, 2.45) is 5.92 Å². The Morgan fingerprint density at radius 3 is 2.47 bits per heavy atom. The molecule has 266 valence electrons. The fourth-order valence-corrected chi connectivity index (χ4v) is 7.72. The smallest absolute Gasteiger partial charge is 0.315 e. The van der Waals surface area contributed by atoms with Gasteiger partial charge < -0.3 is 50.1 Å². The fourth-order valence-electron chi connectivity index (χ4n) is 6.18. The molecule has 0 radical (unpaired) electrons. The van der Waals surface area contributed by atoms with Crippen molar-refractivity contribution in [1.29, 1.82) is 0 Å². The zero-order chi connectivity index (χ0) is 33.4. The molecule has 1 aromatic rings. The number of hydrogen-bond donors (Lipinski definition) is 5. The number of rotatable bonds is 23. The number of imidazole rings is 1. The summed E-state index contributed by atoms with van der Waals surface area (Å²) in [5.74, 6) is 2.11. The summed E-state index contributed by atoms with van der Waals surface area (Å²) in [6.45, 7) is 9.81. The minimum atomic E-state index is -0.0708. The molecule has 1 aromatic heterocycles. The predicted octanol–water partition coefficient (Wildman–Crippen LogP) is 2.42. The number of unbranched alkanes of at least 4 members (excludes halogenated alkanes) is 1. The van der Waals surface area contributed by atoms with E-state index in [1.807, 2.05) is 29.4 Å². The van der Waals surface area contributed by atoms with Crippen molar-refractivity contribution in [3.8, 4) is 0 Å². The van der Waals surface area contributed by atoms with Crippen molar-refractivity contribution < 1.29 is 33.3 Å². The third-order valence-electron chi connectivity index (χ3n) is 8.65. The lowest BCUT2D eigenvalue weighted by atomic mass is 10.0. The van der Waals surface area contributed by atoms with Crippen LogP contribution in [0.4, 0.5) is 10.6 Å². The van der Waals surface area contributed by atoms with Gasteiger partial charge in [0.2, 0.25) is 11.8 Å². The maximum Gasteiger partial charge on any atom is 0.315 e. The van der Waals surface area contributed by atoms with E-state index in [9.17, 15) is 14.4 Å². The number of fused-ring (bicyclic) bond motifs is 1. The van der Waals surface area contributed by atoms with E-state index >= 15 is 0 Å². The predicted molar refractivity (Wildman–Crippen MR) is 180 cm³/mol. The van der Waals surface area contributed by atoms with Crippen LogP contribution in [0.25, 0.3) is 0 Å². The average molecular weight is 682 g/mol. The Morgan fingerprint density at radius 1 is 1.06 bits per heavy atom. The van der Waals surface area contributed by atoms with E-state index < -0.39 is 0 Å². The fraction of sp³-hybridized carbons (Fsp3) is 0.812. The van der Waals surface area contributed by atoms with Gasteiger partial charge in [-0.05, 0) is 32.6 Å². The van der Waals surface area contributed by atoms with Crippen LogP contribution in [0.15, 0.2) is 12.5 Å². The molecular formula is C32H55N7O7S. The number of nitrogens with zero attached hydrogens (tertiary/aromatic N) is 2. The SMILES string of the molecule is CC[C@@H]1CC(C)[C@H](n2cnc(N[C@@H](C)CC(=O)NCCOCCOCCOCCNC(=O)CCCCC3SCC4NC(=O)NC43)c2)O1. The number of amides is 4. The minimum Gasteiger partial charge on any atom is -0.377 e. The molecule has 3 aliphatic heterocycles. The third-order valence-corrected chi connectivity index (χ3v) is 10.2. The lowest BCUT2D eigenvalue weighted by molar-refractivity contribution is -0.122. The number of carbonyl (C=O) groups is 3. The summed E-state index contributed by atoms with van der Waals surface area (Å²) in [6.07, 6.45) is 9.75. The van der Waals surface area contributed by atoms with Gasteiger partial charge in [0.25, 0.3) is 0 Å². The second-order valence-corrected chi connectivity index (χ2v) is 13.9. The van der Waals surface area contributed by atoms with Gasteiger partial charge in [0.1, 0.15) is 12.0 Å². The molecule has 7 atom stereocenters. The highest BCUT2D eigenvalue weighted by Gasteiger charge is 2.42. The molecule has 47 heavy (non-hydrogen) atoms. The van der Waals surface area contributed by atoms with Gasteiger partial charge in [-0.2, -0.15) is 11.8 Å². The van der Waals surface area contributed by atoms with Crippen LogP contribution in [-0.2, 0) is 28.5 Å². The van der Waals surface area contributed by atoms with Crippen molar-refractivity contribution in [3.05, 3.63) is 12.5 Å². The molecule has 3 fully saturated rings. The molecule has 0 aromatic carbocycles. The van der Waals surface area contributed by atoms with Gasteiger partial charge in [-0.1, -0.05) is 20.3 Å². The number of anilines is 1. The quantitative estimate of drug-likeness (QED) is 0.0856. The van der Waals surface area contributed by atoms with Crippen molar-refractivity contribution in [1.82, 2.24) is 30.8 Å². The van der Waals surface area contributed by atoms with Crippen LogP contribution in [0.5, 0.6) is 0 Å². The summed E-state index contributed by atoms with van der Waals surface area (Å²) in [4.78, 5) is 40.3. The number of aromatic nitrogens is 2. The molecule has 0 aliphatic carbocycles. The molecule has 4 amide bonds. The molecule has 3 saturated heterocycles. The number of urea groups is 1.